The van der Waals surface area contributed by atoms with Crippen molar-refractivity contribution in [1.29, 1.82) is 0 Å². The largest absolute Gasteiger partial charge is 0.271 e. The number of aromatic nitrogens is 1. The van der Waals surface area contributed by atoms with E-state index < -0.39 is 0 Å². The van der Waals surface area contributed by atoms with Crippen LogP contribution in [-0.4, -0.2) is 4.98 Å². The summed E-state index contributed by atoms with van der Waals surface area (Å²) in [6, 6.07) is 14.0. The number of pyridine rings is 1. The number of nitrogens with two attached hydrogens (primary N) is 1. The van der Waals surface area contributed by atoms with Gasteiger partial charge in [-0.25, -0.2) is 0 Å². The minimum atomic E-state index is 0.0560. The molecule has 1 aromatic carbocycles. The maximum Gasteiger partial charge on any atom is 0.0526 e. The molecule has 3 nitrogen and oxygen atoms in total. The van der Waals surface area contributed by atoms with E-state index in [9.17, 15) is 0 Å². The average molecular weight is 292 g/mol. The Labute approximate surface area is 109 Å². The van der Waals surface area contributed by atoms with E-state index in [0.29, 0.717) is 0 Å². The molecule has 0 aliphatic heterocycles. The number of hydrogen-bond acceptors (Lipinski definition) is 3. The van der Waals surface area contributed by atoms with Crippen LogP contribution in [0, 0.1) is 0 Å². The van der Waals surface area contributed by atoms with Crippen LogP contribution in [0.1, 0.15) is 17.3 Å². The molecule has 0 aliphatic rings. The van der Waals surface area contributed by atoms with Crippen LogP contribution >= 0.6 is 15.9 Å². The lowest BCUT2D eigenvalue weighted by atomic mass is 10.0. The Morgan fingerprint density at radius 2 is 1.94 bits per heavy atom. The highest BCUT2D eigenvalue weighted by Crippen LogP contribution is 2.24. The average Bonchev–Trinajstić information content (AvgIpc) is 2.38. The number of halogens is 1. The summed E-state index contributed by atoms with van der Waals surface area (Å²) in [7, 11) is 0. The molecule has 0 amide bonds. The van der Waals surface area contributed by atoms with E-state index in [-0.39, 0.29) is 6.04 Å². The van der Waals surface area contributed by atoms with Gasteiger partial charge in [-0.3, -0.25) is 16.3 Å². The molecule has 1 unspecified atom stereocenters. The van der Waals surface area contributed by atoms with Gasteiger partial charge in [0.05, 0.1) is 6.04 Å². The second kappa shape index (κ2) is 5.91. The van der Waals surface area contributed by atoms with Crippen LogP contribution in [0.5, 0.6) is 0 Å². The second-order valence-corrected chi connectivity index (χ2v) is 4.62. The van der Waals surface area contributed by atoms with E-state index in [0.717, 1.165) is 22.2 Å². The van der Waals surface area contributed by atoms with Crippen molar-refractivity contribution >= 4 is 15.9 Å². The molecule has 0 aliphatic carbocycles. The minimum absolute atomic E-state index is 0.0560. The molecule has 1 heterocycles. The molecular formula is C13H14BrN3. The number of nitrogens with one attached hydrogen (secondary N) is 1. The van der Waals surface area contributed by atoms with Crippen molar-refractivity contribution in [3.63, 3.8) is 0 Å². The molecule has 17 heavy (non-hydrogen) atoms. The smallest absolute Gasteiger partial charge is 0.0526 e. The predicted molar refractivity (Wildman–Crippen MR) is 72.1 cm³/mol. The normalized spacial score (nSPS) is 12.4. The van der Waals surface area contributed by atoms with Crippen molar-refractivity contribution in [3.8, 4) is 0 Å². The SMILES string of the molecule is NNC(Cc1ccccn1)c1ccccc1Br. The number of nitrogens with zero attached hydrogens (tertiary/aromatic N) is 1. The summed E-state index contributed by atoms with van der Waals surface area (Å²) in [5.74, 6) is 5.62. The molecule has 2 aromatic rings. The summed E-state index contributed by atoms with van der Waals surface area (Å²) >= 11 is 3.54. The van der Waals surface area contributed by atoms with Crippen molar-refractivity contribution in [3.05, 3.63) is 64.4 Å². The number of hydrogen-bond donors (Lipinski definition) is 2. The highest BCUT2D eigenvalue weighted by atomic mass is 79.9. The van der Waals surface area contributed by atoms with Crippen molar-refractivity contribution in [2.24, 2.45) is 5.84 Å². The molecule has 3 N–H and O–H groups in total. The minimum Gasteiger partial charge on any atom is -0.271 e. The third kappa shape index (κ3) is 3.12. The molecule has 0 fully saturated rings. The molecule has 1 atom stereocenters. The zero-order valence-electron chi connectivity index (χ0n) is 9.31. The Kier molecular flexibility index (Phi) is 4.25. The van der Waals surface area contributed by atoms with Crippen LogP contribution in [-0.2, 0) is 6.42 Å². The lowest BCUT2D eigenvalue weighted by Crippen LogP contribution is -2.30. The van der Waals surface area contributed by atoms with Crippen LogP contribution in [0.3, 0.4) is 0 Å². The summed E-state index contributed by atoms with van der Waals surface area (Å²) in [6.07, 6.45) is 2.56. The number of rotatable bonds is 4. The first-order valence-electron chi connectivity index (χ1n) is 5.41. The monoisotopic (exact) mass is 291 g/mol. The quantitative estimate of drug-likeness (QED) is 0.672. The number of benzene rings is 1. The van der Waals surface area contributed by atoms with Gasteiger partial charge < -0.3 is 0 Å². The predicted octanol–water partition coefficient (Wildman–Crippen LogP) is 2.59. The lowest BCUT2D eigenvalue weighted by molar-refractivity contribution is 0.544. The van der Waals surface area contributed by atoms with Crippen molar-refractivity contribution in [1.82, 2.24) is 10.4 Å². The Bertz CT molecular complexity index is 473. The van der Waals surface area contributed by atoms with Crippen molar-refractivity contribution < 1.29 is 0 Å². The van der Waals surface area contributed by atoms with E-state index in [1.807, 2.05) is 36.4 Å². The third-order valence-corrected chi connectivity index (χ3v) is 3.34. The molecule has 0 saturated heterocycles. The first kappa shape index (κ1) is 12.2. The maximum atomic E-state index is 5.62. The fourth-order valence-corrected chi connectivity index (χ4v) is 2.31. The van der Waals surface area contributed by atoms with Gasteiger partial charge in [0, 0.05) is 22.8 Å². The summed E-state index contributed by atoms with van der Waals surface area (Å²) in [6.45, 7) is 0. The Morgan fingerprint density at radius 1 is 1.18 bits per heavy atom. The van der Waals surface area contributed by atoms with E-state index in [4.69, 9.17) is 5.84 Å². The summed E-state index contributed by atoms with van der Waals surface area (Å²) < 4.78 is 1.05. The van der Waals surface area contributed by atoms with Crippen LogP contribution in [0.2, 0.25) is 0 Å². The molecule has 1 aromatic heterocycles. The van der Waals surface area contributed by atoms with Gasteiger partial charge >= 0.3 is 0 Å². The molecule has 88 valence electrons. The van der Waals surface area contributed by atoms with E-state index in [1.54, 1.807) is 6.20 Å². The molecule has 0 bridgehead atoms. The van der Waals surface area contributed by atoms with Crippen molar-refractivity contribution in [2.75, 3.05) is 0 Å². The fourth-order valence-electron chi connectivity index (χ4n) is 1.74. The Hall–Kier alpha value is -1.23. The van der Waals surface area contributed by atoms with Gasteiger partial charge in [-0.2, -0.15) is 0 Å². The summed E-state index contributed by atoms with van der Waals surface area (Å²) in [5.41, 5.74) is 5.00. The zero-order chi connectivity index (χ0) is 12.1. The molecule has 0 saturated carbocycles. The highest BCUT2D eigenvalue weighted by Gasteiger charge is 2.13. The maximum absolute atomic E-state index is 5.62. The first-order chi connectivity index (χ1) is 8.31. The van der Waals surface area contributed by atoms with E-state index in [2.05, 4.69) is 32.4 Å². The highest BCUT2D eigenvalue weighted by molar-refractivity contribution is 9.10. The van der Waals surface area contributed by atoms with Gasteiger partial charge in [0.1, 0.15) is 0 Å². The van der Waals surface area contributed by atoms with E-state index >= 15 is 0 Å². The van der Waals surface area contributed by atoms with Crippen LogP contribution in [0.25, 0.3) is 0 Å². The van der Waals surface area contributed by atoms with E-state index in [1.165, 1.54) is 0 Å². The third-order valence-electron chi connectivity index (χ3n) is 2.62. The van der Waals surface area contributed by atoms with Gasteiger partial charge in [0.15, 0.2) is 0 Å². The van der Waals surface area contributed by atoms with Gasteiger partial charge in [-0.1, -0.05) is 40.2 Å². The second-order valence-electron chi connectivity index (χ2n) is 3.77. The number of hydrazine groups is 1. The fraction of sp³-hybridized carbons (Fsp3) is 0.154. The molecule has 2 rings (SSSR count). The Balaban J connectivity index is 2.21. The van der Waals surface area contributed by atoms with Gasteiger partial charge in [-0.15, -0.1) is 0 Å². The molecule has 0 spiro atoms. The first-order valence-corrected chi connectivity index (χ1v) is 6.21. The van der Waals surface area contributed by atoms with Crippen LogP contribution < -0.4 is 11.3 Å². The molecule has 0 radical (unpaired) electrons. The van der Waals surface area contributed by atoms with Crippen molar-refractivity contribution in [2.45, 2.75) is 12.5 Å². The van der Waals surface area contributed by atoms with Gasteiger partial charge in [-0.05, 0) is 23.8 Å². The Morgan fingerprint density at radius 3 is 2.59 bits per heavy atom. The van der Waals surface area contributed by atoms with Gasteiger partial charge in [0.25, 0.3) is 0 Å². The molecular weight excluding hydrogens is 278 g/mol. The van der Waals surface area contributed by atoms with Crippen LogP contribution in [0.15, 0.2) is 53.1 Å². The topological polar surface area (TPSA) is 50.9 Å². The van der Waals surface area contributed by atoms with Gasteiger partial charge in [0.2, 0.25) is 0 Å². The zero-order valence-corrected chi connectivity index (χ0v) is 10.9. The lowest BCUT2D eigenvalue weighted by Gasteiger charge is -2.17. The molecule has 4 heteroatoms. The summed E-state index contributed by atoms with van der Waals surface area (Å²) in [4.78, 5) is 4.31. The van der Waals surface area contributed by atoms with Crippen LogP contribution in [0.4, 0.5) is 0 Å². The standard InChI is InChI=1S/C13H14BrN3/c14-12-7-2-1-6-11(12)13(17-15)9-10-5-3-4-8-16-10/h1-8,13,17H,9,15H2. The summed E-state index contributed by atoms with van der Waals surface area (Å²) in [5, 5.41) is 0.